The molecule has 0 unspecified atom stereocenters. The van der Waals surface area contributed by atoms with Crippen LogP contribution in [0.3, 0.4) is 0 Å². The lowest BCUT2D eigenvalue weighted by molar-refractivity contribution is -0.0285. The largest absolute Gasteiger partial charge is 0.506 e. The van der Waals surface area contributed by atoms with Gasteiger partial charge in [-0.25, -0.2) is 0 Å². The molecule has 1 aliphatic heterocycles. The highest BCUT2D eigenvalue weighted by atomic mass is 16.5. The molecule has 2 aromatic carbocycles. The number of β-amino-alcohol motifs (C(OH)–C–C–N with tert-alkyl or cyclic N) is 1. The maximum absolute atomic E-state index is 10.5. The molecule has 5 nitrogen and oxygen atoms in total. The monoisotopic (exact) mass is 382 g/mol. The van der Waals surface area contributed by atoms with Gasteiger partial charge in [0.1, 0.15) is 5.75 Å². The van der Waals surface area contributed by atoms with Gasteiger partial charge in [-0.15, -0.1) is 0 Å². The van der Waals surface area contributed by atoms with Crippen molar-refractivity contribution in [2.75, 3.05) is 44.2 Å². The Labute approximate surface area is 167 Å². The number of rotatable bonds is 6. The molecule has 4 rings (SSSR count). The number of anilines is 1. The number of aryl methyl sites for hydroxylation is 1. The van der Waals surface area contributed by atoms with Gasteiger partial charge in [0, 0.05) is 32.7 Å². The van der Waals surface area contributed by atoms with Crippen LogP contribution in [0.5, 0.6) is 5.75 Å². The predicted octanol–water partition coefficient (Wildman–Crippen LogP) is 2.97. The molecule has 0 saturated carbocycles. The number of nitrogens with zero attached hydrogens (tertiary/aromatic N) is 2. The summed E-state index contributed by atoms with van der Waals surface area (Å²) < 4.78 is 6.10. The van der Waals surface area contributed by atoms with Crippen LogP contribution in [0.2, 0.25) is 0 Å². The number of aromatic hydroxyl groups is 1. The molecule has 0 spiro atoms. The normalized spacial score (nSPS) is 21.3. The molecule has 0 aromatic heterocycles. The van der Waals surface area contributed by atoms with Gasteiger partial charge in [-0.1, -0.05) is 36.4 Å². The molecule has 1 fully saturated rings. The lowest BCUT2D eigenvalue weighted by atomic mass is 9.89. The summed E-state index contributed by atoms with van der Waals surface area (Å²) in [5.74, 6) is 0.331. The van der Waals surface area contributed by atoms with Crippen LogP contribution >= 0.6 is 0 Å². The van der Waals surface area contributed by atoms with E-state index in [1.165, 1.54) is 11.1 Å². The van der Waals surface area contributed by atoms with Gasteiger partial charge >= 0.3 is 0 Å². The Morgan fingerprint density at radius 1 is 1.00 bits per heavy atom. The Kier molecular flexibility index (Phi) is 6.15. The first kappa shape index (κ1) is 19.2. The Morgan fingerprint density at radius 2 is 1.75 bits per heavy atom. The Bertz CT molecular complexity index is 774. The number of hydrogen-bond acceptors (Lipinski definition) is 5. The topological polar surface area (TPSA) is 56.2 Å². The van der Waals surface area contributed by atoms with E-state index in [9.17, 15) is 10.2 Å². The summed E-state index contributed by atoms with van der Waals surface area (Å²) in [7, 11) is 0. The number of piperazine rings is 1. The molecule has 0 bridgehead atoms. The zero-order valence-corrected chi connectivity index (χ0v) is 16.3. The number of phenols is 1. The highest BCUT2D eigenvalue weighted by molar-refractivity contribution is 5.57. The van der Waals surface area contributed by atoms with Gasteiger partial charge in [0.15, 0.2) is 0 Å². The fourth-order valence-electron chi connectivity index (χ4n) is 4.36. The Balaban J connectivity index is 1.23. The molecule has 0 radical (unpaired) electrons. The highest BCUT2D eigenvalue weighted by Gasteiger charge is 2.24. The van der Waals surface area contributed by atoms with Crippen LogP contribution in [0.4, 0.5) is 5.69 Å². The summed E-state index contributed by atoms with van der Waals surface area (Å²) in [6.45, 7) is 4.44. The van der Waals surface area contributed by atoms with Crippen LogP contribution in [0, 0.1) is 0 Å². The number of aliphatic hydroxyl groups is 1. The highest BCUT2D eigenvalue weighted by Crippen LogP contribution is 2.32. The van der Waals surface area contributed by atoms with Crippen molar-refractivity contribution < 1.29 is 14.9 Å². The van der Waals surface area contributed by atoms with Crippen molar-refractivity contribution in [2.24, 2.45) is 0 Å². The van der Waals surface area contributed by atoms with E-state index in [1.807, 2.05) is 18.2 Å². The van der Waals surface area contributed by atoms with E-state index >= 15 is 0 Å². The molecule has 150 valence electrons. The number of fused-ring (bicyclic) bond motifs is 1. The van der Waals surface area contributed by atoms with Crippen LogP contribution in [0.1, 0.15) is 30.1 Å². The Hall–Kier alpha value is -2.08. The minimum absolute atomic E-state index is 0.109. The average Bonchev–Trinajstić information content (AvgIpc) is 2.73. The second kappa shape index (κ2) is 8.95. The molecule has 1 heterocycles. The lowest BCUT2D eigenvalue weighted by Crippen LogP contribution is -2.49. The van der Waals surface area contributed by atoms with E-state index in [4.69, 9.17) is 4.74 Å². The average molecular weight is 383 g/mol. The van der Waals surface area contributed by atoms with Crippen LogP contribution < -0.4 is 4.90 Å². The van der Waals surface area contributed by atoms with E-state index < -0.39 is 6.10 Å². The van der Waals surface area contributed by atoms with Gasteiger partial charge in [-0.3, -0.25) is 4.90 Å². The summed E-state index contributed by atoms with van der Waals surface area (Å²) in [5, 5.41) is 20.5. The molecular formula is C23H30N2O3. The van der Waals surface area contributed by atoms with Crippen molar-refractivity contribution in [3.63, 3.8) is 0 Å². The molecule has 2 aromatic rings. The van der Waals surface area contributed by atoms with Gasteiger partial charge in [-0.2, -0.15) is 0 Å². The first-order chi connectivity index (χ1) is 13.7. The molecule has 0 amide bonds. The maximum Gasteiger partial charge on any atom is 0.138 e. The van der Waals surface area contributed by atoms with Gasteiger partial charge in [0.05, 0.1) is 24.5 Å². The van der Waals surface area contributed by atoms with Crippen molar-refractivity contribution in [1.29, 1.82) is 0 Å². The lowest BCUT2D eigenvalue weighted by Gasteiger charge is -2.37. The molecule has 2 N–H and O–H groups in total. The van der Waals surface area contributed by atoms with E-state index in [0.717, 1.165) is 51.1 Å². The first-order valence-electron chi connectivity index (χ1n) is 10.3. The third-order valence-electron chi connectivity index (χ3n) is 5.87. The molecule has 28 heavy (non-hydrogen) atoms. The van der Waals surface area contributed by atoms with E-state index in [-0.39, 0.29) is 6.10 Å². The summed E-state index contributed by atoms with van der Waals surface area (Å²) in [4.78, 5) is 4.48. The third kappa shape index (κ3) is 4.49. The summed E-state index contributed by atoms with van der Waals surface area (Å²) in [6, 6.07) is 16.0. The fraction of sp³-hybridized carbons (Fsp3) is 0.478. The van der Waals surface area contributed by atoms with Crippen LogP contribution in [0.15, 0.2) is 48.5 Å². The number of aliphatic hydroxyl groups excluding tert-OH is 1. The van der Waals surface area contributed by atoms with Crippen LogP contribution in [-0.4, -0.2) is 60.5 Å². The second-order valence-corrected chi connectivity index (χ2v) is 7.84. The standard InChI is InChI=1S/C23H30N2O3/c26-19(17-28-23-11-5-7-18-6-1-2-8-20(18)23)16-24-12-14-25(15-13-24)21-9-3-4-10-22(21)27/h1-4,6,8-10,19,23,26-27H,5,7,11-17H2/t19-,23+/m1/s1. The zero-order chi connectivity index (χ0) is 19.3. The minimum Gasteiger partial charge on any atom is -0.506 e. The minimum atomic E-state index is -0.481. The van der Waals surface area contributed by atoms with Crippen molar-refractivity contribution >= 4 is 5.69 Å². The molecule has 1 saturated heterocycles. The molecule has 2 atom stereocenters. The SMILES string of the molecule is Oc1ccccc1N1CCN(C[C@@H](O)CO[C@H]2CCCc3ccccc32)CC1. The van der Waals surface area contributed by atoms with Gasteiger partial charge in [0.2, 0.25) is 0 Å². The number of hydrogen-bond donors (Lipinski definition) is 2. The molecule has 1 aliphatic carbocycles. The van der Waals surface area contributed by atoms with Crippen molar-refractivity contribution in [3.05, 3.63) is 59.7 Å². The van der Waals surface area contributed by atoms with Gasteiger partial charge < -0.3 is 19.8 Å². The van der Waals surface area contributed by atoms with Crippen LogP contribution in [-0.2, 0) is 11.2 Å². The second-order valence-electron chi connectivity index (χ2n) is 7.84. The third-order valence-corrected chi connectivity index (χ3v) is 5.87. The van der Waals surface area contributed by atoms with Crippen molar-refractivity contribution in [1.82, 2.24) is 4.90 Å². The quantitative estimate of drug-likeness (QED) is 0.805. The number of phenolic OH excluding ortho intramolecular Hbond substituents is 1. The van der Waals surface area contributed by atoms with E-state index in [0.29, 0.717) is 18.9 Å². The number of para-hydroxylation sites is 2. The summed E-state index contributed by atoms with van der Waals surface area (Å²) in [6.07, 6.45) is 2.93. The smallest absolute Gasteiger partial charge is 0.138 e. The van der Waals surface area contributed by atoms with Crippen molar-refractivity contribution in [3.8, 4) is 5.75 Å². The number of ether oxygens (including phenoxy) is 1. The zero-order valence-electron chi connectivity index (χ0n) is 16.3. The van der Waals surface area contributed by atoms with E-state index in [2.05, 4.69) is 34.1 Å². The summed E-state index contributed by atoms with van der Waals surface area (Å²) >= 11 is 0. The van der Waals surface area contributed by atoms with Gasteiger partial charge in [0.25, 0.3) is 0 Å². The molecule has 2 aliphatic rings. The summed E-state index contributed by atoms with van der Waals surface area (Å²) in [5.41, 5.74) is 3.56. The fourth-order valence-corrected chi connectivity index (χ4v) is 4.36. The van der Waals surface area contributed by atoms with Crippen LogP contribution in [0.25, 0.3) is 0 Å². The predicted molar refractivity (Wildman–Crippen MR) is 111 cm³/mol. The van der Waals surface area contributed by atoms with E-state index in [1.54, 1.807) is 6.07 Å². The van der Waals surface area contributed by atoms with Crippen molar-refractivity contribution in [2.45, 2.75) is 31.5 Å². The first-order valence-corrected chi connectivity index (χ1v) is 10.3. The Morgan fingerprint density at radius 3 is 2.57 bits per heavy atom. The molecular weight excluding hydrogens is 352 g/mol. The van der Waals surface area contributed by atoms with Gasteiger partial charge in [-0.05, 0) is 42.5 Å². The maximum atomic E-state index is 10.5. The number of benzene rings is 2. The molecule has 5 heteroatoms.